The van der Waals surface area contributed by atoms with Gasteiger partial charge in [0.15, 0.2) is 5.82 Å². The van der Waals surface area contributed by atoms with Crippen molar-refractivity contribution in [2.24, 2.45) is 0 Å². The second-order valence-corrected chi connectivity index (χ2v) is 8.87. The molecule has 1 fully saturated rings. The van der Waals surface area contributed by atoms with E-state index in [1.165, 1.54) is 5.57 Å². The van der Waals surface area contributed by atoms with Crippen LogP contribution in [0.4, 0.5) is 5.82 Å². The molecule has 0 spiro atoms. The zero-order valence-electron chi connectivity index (χ0n) is 20.3. The van der Waals surface area contributed by atoms with Crippen molar-refractivity contribution in [3.8, 4) is 11.7 Å². The Balaban J connectivity index is 1.37. The van der Waals surface area contributed by atoms with Crippen LogP contribution in [0.5, 0.6) is 5.75 Å². The number of nitrogens with zero attached hydrogens (tertiary/aromatic N) is 6. The summed E-state index contributed by atoms with van der Waals surface area (Å²) in [5.41, 5.74) is 6.01. The third kappa shape index (κ3) is 4.67. The minimum absolute atomic E-state index is 0.532. The predicted octanol–water partition coefficient (Wildman–Crippen LogP) is 3.45. The number of methoxy groups -OCH3 is 1. The fourth-order valence-corrected chi connectivity index (χ4v) is 4.57. The van der Waals surface area contributed by atoms with Crippen LogP contribution in [0.25, 0.3) is 22.6 Å². The smallest absolute Gasteiger partial charge is 0.253 e. The van der Waals surface area contributed by atoms with Gasteiger partial charge in [0, 0.05) is 31.9 Å². The Bertz CT molecular complexity index is 1390. The molecule has 0 atom stereocenters. The molecule has 0 radical (unpaired) electrons. The molecule has 0 N–H and O–H groups in total. The molecule has 9 nitrogen and oxygen atoms in total. The van der Waals surface area contributed by atoms with E-state index in [1.807, 2.05) is 30.6 Å². The molecule has 0 saturated carbocycles. The van der Waals surface area contributed by atoms with Gasteiger partial charge < -0.3 is 19.1 Å². The van der Waals surface area contributed by atoms with Crippen LogP contribution in [0.2, 0.25) is 0 Å². The molecular formula is C27H28N6O3. The number of rotatable bonds is 6. The van der Waals surface area contributed by atoms with Crippen molar-refractivity contribution >= 4 is 22.4 Å². The molecule has 0 amide bonds. The van der Waals surface area contributed by atoms with Crippen molar-refractivity contribution in [1.82, 2.24) is 24.7 Å². The standard InChI is InChI=1S/C27H28N6O3/c1-34-23-4-2-19(3-5-23)16-22-6-9-33(31-22)27-29-24-17-21(20-7-12-35-13-8-20)18-28-25(24)26(30-27)32-10-14-36-15-11-32/h2-7,9,17-18H,8,10-16H2,1H3. The summed E-state index contributed by atoms with van der Waals surface area (Å²) < 4.78 is 18.1. The van der Waals surface area contributed by atoms with Crippen molar-refractivity contribution in [3.05, 3.63) is 71.7 Å². The van der Waals surface area contributed by atoms with Gasteiger partial charge in [0.25, 0.3) is 5.95 Å². The highest BCUT2D eigenvalue weighted by atomic mass is 16.5. The zero-order chi connectivity index (χ0) is 24.3. The zero-order valence-corrected chi connectivity index (χ0v) is 20.3. The number of anilines is 1. The molecule has 9 heteroatoms. The van der Waals surface area contributed by atoms with Crippen LogP contribution in [0.1, 0.15) is 23.2 Å². The first-order valence-corrected chi connectivity index (χ1v) is 12.2. The van der Waals surface area contributed by atoms with Crippen molar-refractivity contribution in [2.45, 2.75) is 12.8 Å². The lowest BCUT2D eigenvalue weighted by atomic mass is 10.0. The van der Waals surface area contributed by atoms with Crippen molar-refractivity contribution in [3.63, 3.8) is 0 Å². The van der Waals surface area contributed by atoms with E-state index in [4.69, 9.17) is 34.3 Å². The van der Waals surface area contributed by atoms with Crippen molar-refractivity contribution in [2.75, 3.05) is 51.5 Å². The van der Waals surface area contributed by atoms with Gasteiger partial charge in [0.2, 0.25) is 0 Å². The number of hydrogen-bond acceptors (Lipinski definition) is 8. The number of pyridine rings is 1. The molecule has 0 aliphatic carbocycles. The third-order valence-corrected chi connectivity index (χ3v) is 6.54. The topological polar surface area (TPSA) is 87.4 Å². The minimum Gasteiger partial charge on any atom is -0.497 e. The van der Waals surface area contributed by atoms with Gasteiger partial charge in [-0.25, -0.2) is 9.67 Å². The molecule has 4 aromatic rings. The minimum atomic E-state index is 0.532. The average molecular weight is 485 g/mol. The van der Waals surface area contributed by atoms with Gasteiger partial charge in [-0.1, -0.05) is 18.2 Å². The van der Waals surface area contributed by atoms with Gasteiger partial charge in [-0.05, 0) is 47.4 Å². The van der Waals surface area contributed by atoms with Crippen LogP contribution in [0.15, 0.2) is 54.9 Å². The summed E-state index contributed by atoms with van der Waals surface area (Å²) in [6.07, 6.45) is 7.54. The molecule has 184 valence electrons. The van der Waals surface area contributed by atoms with Gasteiger partial charge in [-0.15, -0.1) is 0 Å². The first-order chi connectivity index (χ1) is 17.8. The molecule has 5 heterocycles. The van der Waals surface area contributed by atoms with E-state index in [9.17, 15) is 0 Å². The SMILES string of the molecule is COc1ccc(Cc2ccn(-c3nc(N4CCOCC4)c4ncc(C5=CCOCC5)cc4n3)n2)cc1. The Kier molecular flexibility index (Phi) is 6.31. The lowest BCUT2D eigenvalue weighted by Gasteiger charge is -2.28. The quantitative estimate of drug-likeness (QED) is 0.411. The van der Waals surface area contributed by atoms with E-state index in [0.29, 0.717) is 32.2 Å². The lowest BCUT2D eigenvalue weighted by molar-refractivity contribution is 0.122. The van der Waals surface area contributed by atoms with E-state index in [2.05, 4.69) is 29.2 Å². The largest absolute Gasteiger partial charge is 0.497 e. The molecular weight excluding hydrogens is 456 g/mol. The highest BCUT2D eigenvalue weighted by Crippen LogP contribution is 2.28. The maximum Gasteiger partial charge on any atom is 0.253 e. The maximum absolute atomic E-state index is 5.57. The number of morpholine rings is 1. The highest BCUT2D eigenvalue weighted by molar-refractivity contribution is 5.88. The summed E-state index contributed by atoms with van der Waals surface area (Å²) in [5, 5.41) is 4.79. The van der Waals surface area contributed by atoms with Gasteiger partial charge in [-0.3, -0.25) is 4.98 Å². The van der Waals surface area contributed by atoms with Crippen molar-refractivity contribution in [1.29, 1.82) is 0 Å². The predicted molar refractivity (Wildman–Crippen MR) is 137 cm³/mol. The molecule has 6 rings (SSSR count). The lowest BCUT2D eigenvalue weighted by Crippen LogP contribution is -2.37. The highest BCUT2D eigenvalue weighted by Gasteiger charge is 2.20. The number of benzene rings is 1. The summed E-state index contributed by atoms with van der Waals surface area (Å²) in [6.45, 7) is 4.21. The Morgan fingerprint density at radius 3 is 2.64 bits per heavy atom. The number of ether oxygens (including phenoxy) is 3. The number of fused-ring (bicyclic) bond motifs is 1. The summed E-state index contributed by atoms with van der Waals surface area (Å²) in [5.74, 6) is 2.19. The average Bonchev–Trinajstić information content (AvgIpc) is 3.42. The second kappa shape index (κ2) is 10.0. The van der Waals surface area contributed by atoms with Crippen LogP contribution in [0.3, 0.4) is 0 Å². The fraction of sp³-hybridized carbons (Fsp3) is 0.333. The Labute approximate surface area is 209 Å². The summed E-state index contributed by atoms with van der Waals surface area (Å²) in [6, 6.07) is 12.2. The van der Waals surface area contributed by atoms with Crippen LogP contribution in [0, 0.1) is 0 Å². The summed E-state index contributed by atoms with van der Waals surface area (Å²) >= 11 is 0. The third-order valence-electron chi connectivity index (χ3n) is 6.54. The van der Waals surface area contributed by atoms with Gasteiger partial charge in [0.05, 0.1) is 44.7 Å². The maximum atomic E-state index is 5.57. The molecule has 2 aliphatic heterocycles. The van der Waals surface area contributed by atoms with E-state index in [-0.39, 0.29) is 0 Å². The molecule has 1 saturated heterocycles. The van der Waals surface area contributed by atoms with Crippen LogP contribution in [-0.4, -0.2) is 71.4 Å². The second-order valence-electron chi connectivity index (χ2n) is 8.87. The van der Waals surface area contributed by atoms with E-state index >= 15 is 0 Å². The van der Waals surface area contributed by atoms with Gasteiger partial charge in [0.1, 0.15) is 11.3 Å². The monoisotopic (exact) mass is 484 g/mol. The van der Waals surface area contributed by atoms with Crippen molar-refractivity contribution < 1.29 is 14.2 Å². The van der Waals surface area contributed by atoms with Gasteiger partial charge >= 0.3 is 0 Å². The van der Waals surface area contributed by atoms with E-state index in [1.54, 1.807) is 11.8 Å². The van der Waals surface area contributed by atoms with E-state index in [0.717, 1.165) is 65.5 Å². The molecule has 0 bridgehead atoms. The molecule has 2 aliphatic rings. The normalized spacial score (nSPS) is 16.2. The van der Waals surface area contributed by atoms with Crippen LogP contribution in [-0.2, 0) is 15.9 Å². The van der Waals surface area contributed by atoms with Gasteiger partial charge in [-0.2, -0.15) is 10.1 Å². The van der Waals surface area contributed by atoms with E-state index < -0.39 is 0 Å². The summed E-state index contributed by atoms with van der Waals surface area (Å²) in [4.78, 5) is 16.9. The van der Waals surface area contributed by atoms with Crippen LogP contribution < -0.4 is 9.64 Å². The summed E-state index contributed by atoms with van der Waals surface area (Å²) in [7, 11) is 1.67. The molecule has 0 unspecified atom stereocenters. The molecule has 1 aromatic carbocycles. The molecule has 36 heavy (non-hydrogen) atoms. The first kappa shape index (κ1) is 22.6. The Hall–Kier alpha value is -3.82. The fourth-order valence-electron chi connectivity index (χ4n) is 4.57. The number of aromatic nitrogens is 5. The molecule has 3 aromatic heterocycles. The number of hydrogen-bond donors (Lipinski definition) is 0. The Morgan fingerprint density at radius 1 is 1.00 bits per heavy atom. The first-order valence-electron chi connectivity index (χ1n) is 12.2. The Morgan fingerprint density at radius 2 is 1.86 bits per heavy atom. The van der Waals surface area contributed by atoms with Crippen LogP contribution >= 0.6 is 0 Å².